The summed E-state index contributed by atoms with van der Waals surface area (Å²) in [4.78, 5) is 13.1. The third kappa shape index (κ3) is 3.98. The lowest BCUT2D eigenvalue weighted by Gasteiger charge is -2.15. The second-order valence-corrected chi connectivity index (χ2v) is 8.78. The molecular weight excluding hydrogens is 372 g/mol. The van der Waals surface area contributed by atoms with Gasteiger partial charge >= 0.3 is 0 Å². The number of benzene rings is 3. The first-order valence-electron chi connectivity index (χ1n) is 8.79. The van der Waals surface area contributed by atoms with E-state index in [9.17, 15) is 13.2 Å². The summed E-state index contributed by atoms with van der Waals surface area (Å²) in [5.74, 6) is -0.290. The fourth-order valence-corrected chi connectivity index (χ4v) is 3.78. The molecule has 3 aromatic rings. The lowest BCUT2D eigenvalue weighted by atomic mass is 9.99. The molecule has 3 rings (SSSR count). The first kappa shape index (κ1) is 19.8. The number of sulfonamides is 1. The molecule has 28 heavy (non-hydrogen) atoms. The van der Waals surface area contributed by atoms with E-state index in [0.717, 1.165) is 21.0 Å². The Kier molecular flexibility index (Phi) is 5.63. The van der Waals surface area contributed by atoms with Crippen molar-refractivity contribution in [1.82, 2.24) is 4.31 Å². The monoisotopic (exact) mass is 394 g/mol. The van der Waals surface area contributed by atoms with E-state index < -0.39 is 10.0 Å². The highest BCUT2D eigenvalue weighted by molar-refractivity contribution is 7.89. The van der Waals surface area contributed by atoms with Crippen LogP contribution in [-0.4, -0.2) is 32.7 Å². The van der Waals surface area contributed by atoms with Crippen LogP contribution in [0.1, 0.15) is 15.9 Å². The van der Waals surface area contributed by atoms with Gasteiger partial charge in [0.1, 0.15) is 0 Å². The van der Waals surface area contributed by atoms with E-state index in [0.29, 0.717) is 11.3 Å². The van der Waals surface area contributed by atoms with Gasteiger partial charge in [0.25, 0.3) is 5.91 Å². The fraction of sp³-hybridized carbons (Fsp3) is 0.136. The van der Waals surface area contributed by atoms with Gasteiger partial charge in [-0.3, -0.25) is 4.79 Å². The zero-order valence-corrected chi connectivity index (χ0v) is 16.8. The van der Waals surface area contributed by atoms with E-state index in [1.807, 2.05) is 49.4 Å². The molecule has 0 radical (unpaired) electrons. The molecule has 0 spiro atoms. The van der Waals surface area contributed by atoms with Gasteiger partial charge in [0, 0.05) is 25.3 Å². The van der Waals surface area contributed by atoms with Crippen molar-refractivity contribution < 1.29 is 13.2 Å². The summed E-state index contributed by atoms with van der Waals surface area (Å²) < 4.78 is 26.0. The molecule has 0 fully saturated rings. The maximum absolute atomic E-state index is 13.0. The summed E-state index contributed by atoms with van der Waals surface area (Å²) >= 11 is 0. The van der Waals surface area contributed by atoms with Crippen molar-refractivity contribution in [2.45, 2.75) is 11.8 Å². The van der Waals surface area contributed by atoms with Gasteiger partial charge in [0.05, 0.1) is 4.90 Å². The Bertz CT molecular complexity index is 1110. The van der Waals surface area contributed by atoms with Gasteiger partial charge in [-0.25, -0.2) is 12.7 Å². The average molecular weight is 394 g/mol. The predicted molar refractivity (Wildman–Crippen MR) is 112 cm³/mol. The van der Waals surface area contributed by atoms with Crippen molar-refractivity contribution in [2.75, 3.05) is 19.4 Å². The molecule has 0 aliphatic heterocycles. The summed E-state index contributed by atoms with van der Waals surface area (Å²) in [5, 5.41) is 2.87. The molecule has 0 aliphatic carbocycles. The highest BCUT2D eigenvalue weighted by atomic mass is 32.2. The number of anilines is 1. The number of carbonyl (C=O) groups is 1. The summed E-state index contributed by atoms with van der Waals surface area (Å²) in [5.41, 5.74) is 3.53. The van der Waals surface area contributed by atoms with Crippen LogP contribution in [0.2, 0.25) is 0 Å². The van der Waals surface area contributed by atoms with E-state index in [1.54, 1.807) is 18.2 Å². The van der Waals surface area contributed by atoms with Gasteiger partial charge < -0.3 is 5.32 Å². The van der Waals surface area contributed by atoms with Crippen molar-refractivity contribution in [2.24, 2.45) is 0 Å². The van der Waals surface area contributed by atoms with Crippen LogP contribution in [0.5, 0.6) is 0 Å². The Morgan fingerprint density at radius 1 is 0.893 bits per heavy atom. The molecule has 0 bridgehead atoms. The number of amides is 1. The van der Waals surface area contributed by atoms with Crippen LogP contribution in [0.25, 0.3) is 11.1 Å². The van der Waals surface area contributed by atoms with Crippen LogP contribution in [0, 0.1) is 6.92 Å². The van der Waals surface area contributed by atoms with Gasteiger partial charge in [0.15, 0.2) is 0 Å². The minimum absolute atomic E-state index is 0.134. The maximum atomic E-state index is 13.0. The Balaban J connectivity index is 1.97. The van der Waals surface area contributed by atoms with Crippen LogP contribution in [0.3, 0.4) is 0 Å². The Labute approximate surface area is 165 Å². The summed E-state index contributed by atoms with van der Waals surface area (Å²) in [6.07, 6.45) is 0. The molecule has 0 aromatic heterocycles. The van der Waals surface area contributed by atoms with Crippen molar-refractivity contribution in [3.05, 3.63) is 83.9 Å². The van der Waals surface area contributed by atoms with Crippen molar-refractivity contribution in [3.8, 4) is 11.1 Å². The number of nitrogens with zero attached hydrogens (tertiary/aromatic N) is 1. The molecule has 0 unspecified atom stereocenters. The van der Waals surface area contributed by atoms with Gasteiger partial charge in [-0.15, -0.1) is 0 Å². The molecule has 0 saturated heterocycles. The molecular formula is C22H22N2O3S. The molecule has 0 saturated carbocycles. The van der Waals surface area contributed by atoms with E-state index >= 15 is 0 Å². The zero-order chi connectivity index (χ0) is 20.3. The molecule has 5 nitrogen and oxygen atoms in total. The topological polar surface area (TPSA) is 66.5 Å². The van der Waals surface area contributed by atoms with E-state index in [2.05, 4.69) is 5.32 Å². The molecule has 0 aliphatic rings. The lowest BCUT2D eigenvalue weighted by Crippen LogP contribution is -2.22. The van der Waals surface area contributed by atoms with Crippen LogP contribution >= 0.6 is 0 Å². The van der Waals surface area contributed by atoms with Gasteiger partial charge in [-0.05, 0) is 41.8 Å². The largest absolute Gasteiger partial charge is 0.322 e. The van der Waals surface area contributed by atoms with Crippen molar-refractivity contribution in [3.63, 3.8) is 0 Å². The van der Waals surface area contributed by atoms with E-state index in [-0.39, 0.29) is 10.8 Å². The summed E-state index contributed by atoms with van der Waals surface area (Å²) in [6.45, 7) is 1.82. The third-order valence-corrected chi connectivity index (χ3v) is 6.30. The quantitative estimate of drug-likeness (QED) is 0.706. The summed E-state index contributed by atoms with van der Waals surface area (Å²) in [7, 11) is -0.634. The number of rotatable bonds is 5. The molecule has 1 amide bonds. The minimum Gasteiger partial charge on any atom is -0.322 e. The fourth-order valence-electron chi connectivity index (χ4n) is 2.85. The second kappa shape index (κ2) is 7.96. The van der Waals surface area contributed by atoms with E-state index in [4.69, 9.17) is 0 Å². The molecule has 144 valence electrons. The van der Waals surface area contributed by atoms with Crippen LogP contribution < -0.4 is 5.32 Å². The standard InChI is InChI=1S/C22H22N2O3S/c1-16-13-14-18(28(26,27)24(2)3)15-21(16)23-22(25)20-12-8-7-11-19(20)17-9-5-4-6-10-17/h4-15H,1-3H3,(H,23,25). The van der Waals surface area contributed by atoms with Crippen LogP contribution in [0.4, 0.5) is 5.69 Å². The smallest absolute Gasteiger partial charge is 0.256 e. The molecule has 0 atom stereocenters. The van der Waals surface area contributed by atoms with Crippen LogP contribution in [0.15, 0.2) is 77.7 Å². The highest BCUT2D eigenvalue weighted by Crippen LogP contribution is 2.26. The van der Waals surface area contributed by atoms with Gasteiger partial charge in [-0.2, -0.15) is 0 Å². The molecule has 0 heterocycles. The normalized spacial score (nSPS) is 11.4. The number of hydrogen-bond donors (Lipinski definition) is 1. The number of nitrogens with one attached hydrogen (secondary N) is 1. The van der Waals surface area contributed by atoms with Gasteiger partial charge in [-0.1, -0.05) is 54.6 Å². The number of carbonyl (C=O) groups excluding carboxylic acids is 1. The lowest BCUT2D eigenvalue weighted by molar-refractivity contribution is 0.102. The Hall–Kier alpha value is -2.96. The Morgan fingerprint density at radius 3 is 2.21 bits per heavy atom. The van der Waals surface area contributed by atoms with Gasteiger partial charge in [0.2, 0.25) is 10.0 Å². The predicted octanol–water partition coefficient (Wildman–Crippen LogP) is 4.16. The molecule has 1 N–H and O–H groups in total. The second-order valence-electron chi connectivity index (χ2n) is 6.63. The number of hydrogen-bond acceptors (Lipinski definition) is 3. The molecule has 6 heteroatoms. The highest BCUT2D eigenvalue weighted by Gasteiger charge is 2.19. The SMILES string of the molecule is Cc1ccc(S(=O)(=O)N(C)C)cc1NC(=O)c1ccccc1-c1ccccc1. The van der Waals surface area contributed by atoms with Crippen molar-refractivity contribution >= 4 is 21.6 Å². The van der Waals surface area contributed by atoms with E-state index in [1.165, 1.54) is 26.2 Å². The average Bonchev–Trinajstić information content (AvgIpc) is 2.70. The first-order valence-corrected chi connectivity index (χ1v) is 10.2. The zero-order valence-electron chi connectivity index (χ0n) is 16.0. The Morgan fingerprint density at radius 2 is 1.54 bits per heavy atom. The van der Waals surface area contributed by atoms with Crippen LogP contribution in [-0.2, 0) is 10.0 Å². The van der Waals surface area contributed by atoms with Crippen molar-refractivity contribution in [1.29, 1.82) is 0 Å². The number of aryl methyl sites for hydroxylation is 1. The minimum atomic E-state index is -3.59. The summed E-state index contributed by atoms with van der Waals surface area (Å²) in [6, 6.07) is 21.7. The maximum Gasteiger partial charge on any atom is 0.256 e. The molecule has 3 aromatic carbocycles. The third-order valence-electron chi connectivity index (χ3n) is 4.49. The first-order chi connectivity index (χ1) is 13.3.